The molecule has 0 aliphatic heterocycles. The van der Waals surface area contributed by atoms with Gasteiger partial charge in [-0.1, -0.05) is 6.08 Å². The van der Waals surface area contributed by atoms with Crippen molar-refractivity contribution in [1.82, 2.24) is 10.2 Å². The lowest BCUT2D eigenvalue weighted by atomic mass is 10.5. The van der Waals surface area contributed by atoms with Gasteiger partial charge >= 0.3 is 12.0 Å². The first-order valence-electron chi connectivity index (χ1n) is 3.41. The van der Waals surface area contributed by atoms with E-state index in [1.165, 1.54) is 13.1 Å². The van der Waals surface area contributed by atoms with Crippen molar-refractivity contribution in [2.75, 3.05) is 20.1 Å². The number of nitrogens with zero attached hydrogens (tertiary/aromatic N) is 1. The molecule has 5 heteroatoms. The number of carboxylic acid groups (broad SMARTS) is 1. The molecule has 0 unspecified atom stereocenters. The largest absolute Gasteiger partial charge is 0.480 e. The molecule has 0 heterocycles. The molecule has 0 aliphatic carbocycles. The summed E-state index contributed by atoms with van der Waals surface area (Å²) in [6.45, 7) is 3.32. The summed E-state index contributed by atoms with van der Waals surface area (Å²) in [5.41, 5.74) is 0. The second-order valence-corrected chi connectivity index (χ2v) is 2.12. The molecule has 0 spiro atoms. The molecule has 0 atom stereocenters. The number of aliphatic carboxylic acids is 1. The molecule has 0 saturated carbocycles. The summed E-state index contributed by atoms with van der Waals surface area (Å²) in [4.78, 5) is 22.3. The highest BCUT2D eigenvalue weighted by molar-refractivity contribution is 5.79. The van der Waals surface area contributed by atoms with Gasteiger partial charge in [0.05, 0.1) is 0 Å². The van der Waals surface area contributed by atoms with Gasteiger partial charge < -0.3 is 15.3 Å². The van der Waals surface area contributed by atoms with E-state index in [1.807, 2.05) is 0 Å². The van der Waals surface area contributed by atoms with E-state index in [0.717, 1.165) is 4.90 Å². The molecule has 0 aromatic carbocycles. The van der Waals surface area contributed by atoms with E-state index in [1.54, 1.807) is 0 Å². The molecule has 68 valence electrons. The predicted octanol–water partition coefficient (Wildman–Crippen LogP) is -0.102. The number of carboxylic acids is 1. The van der Waals surface area contributed by atoms with Gasteiger partial charge in [0.2, 0.25) is 0 Å². The van der Waals surface area contributed by atoms with E-state index in [-0.39, 0.29) is 13.1 Å². The Morgan fingerprint density at radius 2 is 2.25 bits per heavy atom. The number of nitrogens with one attached hydrogen (secondary N) is 1. The molecule has 0 saturated heterocycles. The highest BCUT2D eigenvalue weighted by Gasteiger charge is 2.12. The lowest BCUT2D eigenvalue weighted by molar-refractivity contribution is -0.137. The molecule has 5 nitrogen and oxygen atoms in total. The molecule has 0 fully saturated rings. The number of carbonyl (C=O) groups excluding carboxylic acids is 1. The zero-order chi connectivity index (χ0) is 9.56. The summed E-state index contributed by atoms with van der Waals surface area (Å²) < 4.78 is 0. The molecule has 0 rings (SSSR count). The van der Waals surface area contributed by atoms with E-state index in [0.29, 0.717) is 0 Å². The fourth-order valence-electron chi connectivity index (χ4n) is 0.696. The van der Waals surface area contributed by atoms with Crippen LogP contribution in [0.1, 0.15) is 0 Å². The maximum atomic E-state index is 10.9. The van der Waals surface area contributed by atoms with E-state index in [9.17, 15) is 9.59 Å². The smallest absolute Gasteiger partial charge is 0.323 e. The minimum atomic E-state index is -1.04. The van der Waals surface area contributed by atoms with Crippen molar-refractivity contribution in [3.8, 4) is 0 Å². The minimum absolute atomic E-state index is 0.228. The van der Waals surface area contributed by atoms with Crippen molar-refractivity contribution in [3.63, 3.8) is 0 Å². The molecule has 0 bridgehead atoms. The fraction of sp³-hybridized carbons (Fsp3) is 0.429. The fourth-order valence-corrected chi connectivity index (χ4v) is 0.696. The van der Waals surface area contributed by atoms with Crippen LogP contribution in [0, 0.1) is 0 Å². The monoisotopic (exact) mass is 172 g/mol. The summed E-state index contributed by atoms with van der Waals surface area (Å²) in [6, 6.07) is -0.419. The van der Waals surface area contributed by atoms with Crippen molar-refractivity contribution >= 4 is 12.0 Å². The average molecular weight is 172 g/mol. The summed E-state index contributed by atoms with van der Waals surface area (Å²) in [7, 11) is 1.44. The Bertz CT molecular complexity index is 191. The number of carbonyl (C=O) groups is 2. The zero-order valence-corrected chi connectivity index (χ0v) is 6.91. The van der Waals surface area contributed by atoms with Crippen LogP contribution in [-0.4, -0.2) is 42.1 Å². The van der Waals surface area contributed by atoms with Crippen molar-refractivity contribution in [2.24, 2.45) is 0 Å². The van der Waals surface area contributed by atoms with Gasteiger partial charge in [0.25, 0.3) is 0 Å². The number of hydrogen-bond donors (Lipinski definition) is 2. The second kappa shape index (κ2) is 5.17. The van der Waals surface area contributed by atoms with Crippen LogP contribution in [0.15, 0.2) is 12.7 Å². The number of hydrogen-bond acceptors (Lipinski definition) is 2. The predicted molar refractivity (Wildman–Crippen MR) is 43.9 cm³/mol. The highest BCUT2D eigenvalue weighted by atomic mass is 16.4. The quantitative estimate of drug-likeness (QED) is 0.582. The Kier molecular flexibility index (Phi) is 4.52. The number of amides is 2. The minimum Gasteiger partial charge on any atom is -0.480 e. The van der Waals surface area contributed by atoms with Crippen molar-refractivity contribution in [3.05, 3.63) is 12.7 Å². The van der Waals surface area contributed by atoms with Gasteiger partial charge in [-0.25, -0.2) is 4.79 Å². The summed E-state index contributed by atoms with van der Waals surface area (Å²) >= 11 is 0. The Balaban J connectivity index is 4.11. The third kappa shape index (κ3) is 3.60. The first kappa shape index (κ1) is 10.5. The standard InChI is InChI=1S/C7H12N2O3/c1-3-4-9(5-6(10)11)7(12)8-2/h3H,1,4-5H2,2H3,(H,8,12)(H,10,11). The summed E-state index contributed by atoms with van der Waals surface area (Å²) in [6.07, 6.45) is 1.47. The lowest BCUT2D eigenvalue weighted by Crippen LogP contribution is -2.41. The van der Waals surface area contributed by atoms with Crippen LogP contribution in [-0.2, 0) is 4.79 Å². The van der Waals surface area contributed by atoms with Crippen LogP contribution < -0.4 is 5.32 Å². The van der Waals surface area contributed by atoms with Crippen LogP contribution in [0.3, 0.4) is 0 Å². The van der Waals surface area contributed by atoms with Gasteiger partial charge in [0.1, 0.15) is 6.54 Å². The molecule has 0 radical (unpaired) electrons. The van der Waals surface area contributed by atoms with Gasteiger partial charge in [0, 0.05) is 13.6 Å². The van der Waals surface area contributed by atoms with E-state index in [4.69, 9.17) is 5.11 Å². The van der Waals surface area contributed by atoms with E-state index >= 15 is 0 Å². The third-order valence-electron chi connectivity index (χ3n) is 1.18. The molecule has 0 aromatic heterocycles. The molecule has 0 aliphatic rings. The van der Waals surface area contributed by atoms with Crippen LogP contribution in [0.2, 0.25) is 0 Å². The van der Waals surface area contributed by atoms with Crippen LogP contribution >= 0.6 is 0 Å². The van der Waals surface area contributed by atoms with Crippen molar-refractivity contribution in [1.29, 1.82) is 0 Å². The highest BCUT2D eigenvalue weighted by Crippen LogP contribution is 1.88. The van der Waals surface area contributed by atoms with Crippen LogP contribution in [0.25, 0.3) is 0 Å². The zero-order valence-electron chi connectivity index (χ0n) is 6.91. The molecule has 12 heavy (non-hydrogen) atoms. The molecule has 2 N–H and O–H groups in total. The van der Waals surface area contributed by atoms with Gasteiger partial charge in [-0.3, -0.25) is 4.79 Å². The average Bonchev–Trinajstić information content (AvgIpc) is 2.01. The Labute approximate surface area is 70.7 Å². The normalized spacial score (nSPS) is 8.75. The Morgan fingerprint density at radius 3 is 2.58 bits per heavy atom. The topological polar surface area (TPSA) is 69.6 Å². The number of rotatable bonds is 4. The molecule has 0 aromatic rings. The summed E-state index contributed by atoms with van der Waals surface area (Å²) in [5, 5.41) is 10.7. The maximum absolute atomic E-state index is 10.9. The molecule has 2 amide bonds. The van der Waals surface area contributed by atoms with E-state index < -0.39 is 12.0 Å². The number of urea groups is 1. The molecular formula is C7H12N2O3. The first-order valence-corrected chi connectivity index (χ1v) is 3.41. The van der Waals surface area contributed by atoms with Gasteiger partial charge in [0.15, 0.2) is 0 Å². The van der Waals surface area contributed by atoms with Gasteiger partial charge in [-0.05, 0) is 0 Å². The van der Waals surface area contributed by atoms with Crippen LogP contribution in [0.5, 0.6) is 0 Å². The lowest BCUT2D eigenvalue weighted by Gasteiger charge is -2.17. The second-order valence-electron chi connectivity index (χ2n) is 2.12. The first-order chi connectivity index (χ1) is 5.61. The Morgan fingerprint density at radius 1 is 1.67 bits per heavy atom. The van der Waals surface area contributed by atoms with E-state index in [2.05, 4.69) is 11.9 Å². The molecular weight excluding hydrogens is 160 g/mol. The SMILES string of the molecule is C=CCN(CC(=O)O)C(=O)NC. The van der Waals surface area contributed by atoms with Crippen LogP contribution in [0.4, 0.5) is 4.79 Å². The van der Waals surface area contributed by atoms with Gasteiger partial charge in [-0.15, -0.1) is 6.58 Å². The summed E-state index contributed by atoms with van der Waals surface area (Å²) in [5.74, 6) is -1.04. The van der Waals surface area contributed by atoms with Crippen molar-refractivity contribution < 1.29 is 14.7 Å². The third-order valence-corrected chi connectivity index (χ3v) is 1.18. The maximum Gasteiger partial charge on any atom is 0.323 e. The van der Waals surface area contributed by atoms with Crippen molar-refractivity contribution in [2.45, 2.75) is 0 Å². The Hall–Kier alpha value is -1.52. The van der Waals surface area contributed by atoms with Gasteiger partial charge in [-0.2, -0.15) is 0 Å².